The van der Waals surface area contributed by atoms with E-state index in [0.717, 1.165) is 17.7 Å². The van der Waals surface area contributed by atoms with E-state index in [1.807, 2.05) is 52.8 Å². The zero-order chi connectivity index (χ0) is 22.8. The molecule has 3 N–H and O–H groups in total. The topological polar surface area (TPSA) is 93.2 Å². The van der Waals surface area contributed by atoms with Gasteiger partial charge in [0, 0.05) is 20.1 Å². The molecule has 0 saturated carbocycles. The smallest absolute Gasteiger partial charge is 0.408 e. The number of benzene rings is 1. The first kappa shape index (κ1) is 25.4. The highest BCUT2D eigenvalue weighted by molar-refractivity contribution is 5.79. The Morgan fingerprint density at radius 1 is 1.10 bits per heavy atom. The molecule has 0 aliphatic carbocycles. The van der Waals surface area contributed by atoms with Gasteiger partial charge in [0.1, 0.15) is 5.60 Å². The van der Waals surface area contributed by atoms with Crippen LogP contribution in [0.3, 0.4) is 0 Å². The second kappa shape index (κ2) is 11.5. The standard InChI is InChI=1S/C22H38N4O4/c1-9-12-29-17-11-10-16(13-18(17)28-8)14-24-19(23-7)25-15-22(5,6)26-20(27)30-21(2,3)4/h10-11,13H,9,12,14-15H2,1-8H3,(H,26,27)(H2,23,24,25). The van der Waals surface area contributed by atoms with Gasteiger partial charge in [-0.25, -0.2) is 4.79 Å². The lowest BCUT2D eigenvalue weighted by atomic mass is 10.1. The number of alkyl carbamates (subject to hydrolysis) is 1. The minimum absolute atomic E-state index is 0.449. The van der Waals surface area contributed by atoms with E-state index < -0.39 is 17.2 Å². The van der Waals surface area contributed by atoms with Crippen molar-refractivity contribution in [2.24, 2.45) is 4.99 Å². The summed E-state index contributed by atoms with van der Waals surface area (Å²) in [6.45, 7) is 13.1. The van der Waals surface area contributed by atoms with E-state index in [1.165, 1.54) is 0 Å². The quantitative estimate of drug-likeness (QED) is 0.417. The molecule has 0 aromatic heterocycles. The van der Waals surface area contributed by atoms with E-state index in [4.69, 9.17) is 14.2 Å². The van der Waals surface area contributed by atoms with Crippen LogP contribution >= 0.6 is 0 Å². The second-order valence-corrected chi connectivity index (χ2v) is 8.62. The van der Waals surface area contributed by atoms with Crippen molar-refractivity contribution in [3.05, 3.63) is 23.8 Å². The maximum Gasteiger partial charge on any atom is 0.408 e. The van der Waals surface area contributed by atoms with Gasteiger partial charge in [0.15, 0.2) is 17.5 Å². The van der Waals surface area contributed by atoms with Crippen molar-refractivity contribution >= 4 is 12.1 Å². The lowest BCUT2D eigenvalue weighted by Gasteiger charge is -2.29. The zero-order valence-corrected chi connectivity index (χ0v) is 19.6. The molecule has 30 heavy (non-hydrogen) atoms. The van der Waals surface area contributed by atoms with E-state index in [1.54, 1.807) is 14.2 Å². The summed E-state index contributed by atoms with van der Waals surface area (Å²) >= 11 is 0. The normalized spacial score (nSPS) is 12.2. The molecule has 0 bridgehead atoms. The van der Waals surface area contributed by atoms with Crippen molar-refractivity contribution in [2.45, 2.75) is 65.6 Å². The number of carbonyl (C=O) groups is 1. The molecule has 8 heteroatoms. The maximum atomic E-state index is 12.0. The molecule has 0 aliphatic heterocycles. The van der Waals surface area contributed by atoms with Gasteiger partial charge in [0.2, 0.25) is 0 Å². The Morgan fingerprint density at radius 2 is 1.80 bits per heavy atom. The van der Waals surface area contributed by atoms with Crippen molar-refractivity contribution < 1.29 is 19.0 Å². The molecule has 1 amide bonds. The molecule has 1 rings (SSSR count). The first-order valence-electron chi connectivity index (χ1n) is 10.2. The molecule has 1 aromatic carbocycles. The number of carbonyl (C=O) groups excluding carboxylic acids is 1. The summed E-state index contributed by atoms with van der Waals surface area (Å²) in [6, 6.07) is 5.84. The van der Waals surface area contributed by atoms with Crippen LogP contribution in [0.4, 0.5) is 4.79 Å². The van der Waals surface area contributed by atoms with Gasteiger partial charge < -0.3 is 30.2 Å². The highest BCUT2D eigenvalue weighted by atomic mass is 16.6. The summed E-state index contributed by atoms with van der Waals surface area (Å²) in [6.07, 6.45) is 0.489. The maximum absolute atomic E-state index is 12.0. The number of aliphatic imine (C=N–C) groups is 1. The van der Waals surface area contributed by atoms with Crippen molar-refractivity contribution in [2.75, 3.05) is 27.3 Å². The number of ether oxygens (including phenoxy) is 3. The fourth-order valence-electron chi connectivity index (χ4n) is 2.49. The fourth-order valence-corrected chi connectivity index (χ4v) is 2.49. The van der Waals surface area contributed by atoms with Crippen LogP contribution in [0.15, 0.2) is 23.2 Å². The molecule has 0 aliphatic rings. The number of methoxy groups -OCH3 is 1. The van der Waals surface area contributed by atoms with Crippen LogP contribution in [-0.2, 0) is 11.3 Å². The third-order valence-corrected chi connectivity index (χ3v) is 3.91. The molecule has 0 radical (unpaired) electrons. The van der Waals surface area contributed by atoms with Crippen LogP contribution in [-0.4, -0.2) is 50.5 Å². The number of nitrogens with zero attached hydrogens (tertiary/aromatic N) is 1. The van der Waals surface area contributed by atoms with Crippen molar-refractivity contribution in [3.63, 3.8) is 0 Å². The summed E-state index contributed by atoms with van der Waals surface area (Å²) < 4.78 is 16.4. The first-order chi connectivity index (χ1) is 14.0. The molecule has 0 spiro atoms. The number of rotatable bonds is 9. The highest BCUT2D eigenvalue weighted by Gasteiger charge is 2.24. The van der Waals surface area contributed by atoms with Crippen LogP contribution in [0, 0.1) is 0 Å². The molecule has 0 saturated heterocycles. The van der Waals surface area contributed by atoms with Gasteiger partial charge in [0.25, 0.3) is 0 Å². The largest absolute Gasteiger partial charge is 0.493 e. The SMILES string of the molecule is CCCOc1ccc(CNC(=NC)NCC(C)(C)NC(=O)OC(C)(C)C)cc1OC. The molecular weight excluding hydrogens is 384 g/mol. The van der Waals surface area contributed by atoms with E-state index >= 15 is 0 Å². The van der Waals surface area contributed by atoms with Gasteiger partial charge in [-0.05, 0) is 58.7 Å². The third-order valence-electron chi connectivity index (χ3n) is 3.91. The summed E-state index contributed by atoms with van der Waals surface area (Å²) in [5.41, 5.74) is -0.0325. The van der Waals surface area contributed by atoms with Gasteiger partial charge in [0.05, 0.1) is 19.3 Å². The molecule has 0 atom stereocenters. The Balaban J connectivity index is 2.59. The van der Waals surface area contributed by atoms with Crippen molar-refractivity contribution in [1.82, 2.24) is 16.0 Å². The van der Waals surface area contributed by atoms with E-state index in [2.05, 4.69) is 27.9 Å². The van der Waals surface area contributed by atoms with Crippen LogP contribution in [0.5, 0.6) is 11.5 Å². The van der Waals surface area contributed by atoms with Crippen molar-refractivity contribution in [3.8, 4) is 11.5 Å². The average Bonchev–Trinajstić information content (AvgIpc) is 2.64. The van der Waals surface area contributed by atoms with Gasteiger partial charge in [-0.2, -0.15) is 0 Å². The second-order valence-electron chi connectivity index (χ2n) is 8.62. The Labute approximate surface area is 180 Å². The Hall–Kier alpha value is -2.64. The number of nitrogens with one attached hydrogen (secondary N) is 3. The van der Waals surface area contributed by atoms with Gasteiger partial charge in [-0.1, -0.05) is 13.0 Å². The molecule has 1 aromatic rings. The van der Waals surface area contributed by atoms with Crippen LogP contribution in [0.2, 0.25) is 0 Å². The molecule has 0 heterocycles. The number of guanidine groups is 1. The fraction of sp³-hybridized carbons (Fsp3) is 0.636. The molecule has 170 valence electrons. The van der Waals surface area contributed by atoms with Crippen LogP contribution in [0.25, 0.3) is 0 Å². The van der Waals surface area contributed by atoms with Crippen LogP contribution in [0.1, 0.15) is 53.5 Å². The predicted molar refractivity (Wildman–Crippen MR) is 120 cm³/mol. The van der Waals surface area contributed by atoms with Gasteiger partial charge in [-0.15, -0.1) is 0 Å². The Morgan fingerprint density at radius 3 is 2.37 bits per heavy atom. The predicted octanol–water partition coefficient (Wildman–Crippen LogP) is 3.45. The monoisotopic (exact) mass is 422 g/mol. The lowest BCUT2D eigenvalue weighted by molar-refractivity contribution is 0.0474. The van der Waals surface area contributed by atoms with Gasteiger partial charge >= 0.3 is 6.09 Å². The Kier molecular flexibility index (Phi) is 9.75. The number of amides is 1. The van der Waals surface area contributed by atoms with E-state index in [9.17, 15) is 4.79 Å². The van der Waals surface area contributed by atoms with E-state index in [-0.39, 0.29) is 0 Å². The third kappa shape index (κ3) is 9.71. The summed E-state index contributed by atoms with van der Waals surface area (Å²) in [5, 5.41) is 9.36. The molecule has 0 unspecified atom stereocenters. The average molecular weight is 423 g/mol. The summed E-state index contributed by atoms with van der Waals surface area (Å²) in [4.78, 5) is 16.3. The summed E-state index contributed by atoms with van der Waals surface area (Å²) in [7, 11) is 3.33. The number of hydrogen-bond acceptors (Lipinski definition) is 5. The lowest BCUT2D eigenvalue weighted by Crippen LogP contribution is -2.54. The zero-order valence-electron chi connectivity index (χ0n) is 19.6. The number of hydrogen-bond donors (Lipinski definition) is 3. The Bertz CT molecular complexity index is 712. The molecule has 0 fully saturated rings. The molecule has 8 nitrogen and oxygen atoms in total. The first-order valence-corrected chi connectivity index (χ1v) is 10.2. The van der Waals surface area contributed by atoms with E-state index in [0.29, 0.717) is 31.4 Å². The minimum atomic E-state index is -0.538. The van der Waals surface area contributed by atoms with Crippen LogP contribution < -0.4 is 25.4 Å². The minimum Gasteiger partial charge on any atom is -0.493 e. The van der Waals surface area contributed by atoms with Gasteiger partial charge in [-0.3, -0.25) is 4.99 Å². The molecular formula is C22H38N4O4. The highest BCUT2D eigenvalue weighted by Crippen LogP contribution is 2.28. The van der Waals surface area contributed by atoms with Crippen molar-refractivity contribution in [1.29, 1.82) is 0 Å². The summed E-state index contributed by atoms with van der Waals surface area (Å²) in [5.74, 6) is 2.06.